The van der Waals surface area contributed by atoms with E-state index in [4.69, 9.17) is 10.00 Å². The molecule has 0 aliphatic heterocycles. The Labute approximate surface area is 191 Å². The second-order valence-electron chi connectivity index (χ2n) is 7.81. The molecule has 5 aromatic rings. The van der Waals surface area contributed by atoms with Crippen LogP contribution in [-0.2, 0) is 6.54 Å². The number of aromatic nitrogens is 2. The fourth-order valence-corrected chi connectivity index (χ4v) is 3.87. The molecular formula is C28H21N3O2. The van der Waals surface area contributed by atoms with Crippen LogP contribution in [0.25, 0.3) is 10.8 Å². The third kappa shape index (κ3) is 4.33. The van der Waals surface area contributed by atoms with Crippen molar-refractivity contribution < 1.29 is 9.84 Å². The number of aliphatic hydroxyl groups is 1. The van der Waals surface area contributed by atoms with Crippen molar-refractivity contribution in [2.45, 2.75) is 12.6 Å². The van der Waals surface area contributed by atoms with Crippen molar-refractivity contribution in [1.82, 2.24) is 9.55 Å². The third-order valence-electron chi connectivity index (χ3n) is 5.63. The molecule has 1 N–H and O–H groups in total. The molecular weight excluding hydrogens is 410 g/mol. The summed E-state index contributed by atoms with van der Waals surface area (Å²) in [6.07, 6.45) is 2.56. The van der Waals surface area contributed by atoms with Crippen molar-refractivity contribution in [3.05, 3.63) is 126 Å². The maximum Gasteiger partial charge on any atom is 0.135 e. The maximum absolute atomic E-state index is 11.0. The van der Waals surface area contributed by atoms with Gasteiger partial charge in [-0.1, -0.05) is 60.7 Å². The summed E-state index contributed by atoms with van der Waals surface area (Å²) < 4.78 is 8.03. The van der Waals surface area contributed by atoms with Gasteiger partial charge in [-0.25, -0.2) is 4.98 Å². The van der Waals surface area contributed by atoms with Gasteiger partial charge in [0.25, 0.3) is 0 Å². The number of ether oxygens (including phenoxy) is 1. The SMILES string of the molecule is N#Cc1ccc(Cn2cncc2C(O)c2ccc(Oc3cccc4ccccc34)cc2)cc1. The Bertz CT molecular complexity index is 1430. The van der Waals surface area contributed by atoms with Gasteiger partial charge in [0.05, 0.1) is 29.9 Å². The van der Waals surface area contributed by atoms with Crippen LogP contribution in [0.3, 0.4) is 0 Å². The van der Waals surface area contributed by atoms with E-state index in [-0.39, 0.29) is 0 Å². The minimum absolute atomic E-state index is 0.556. The topological polar surface area (TPSA) is 71.1 Å². The monoisotopic (exact) mass is 431 g/mol. The van der Waals surface area contributed by atoms with E-state index in [9.17, 15) is 5.11 Å². The van der Waals surface area contributed by atoms with E-state index >= 15 is 0 Å². The molecule has 0 amide bonds. The molecule has 5 nitrogen and oxygen atoms in total. The van der Waals surface area contributed by atoms with E-state index in [0.717, 1.165) is 27.6 Å². The highest BCUT2D eigenvalue weighted by Gasteiger charge is 2.16. The van der Waals surface area contributed by atoms with Crippen LogP contribution >= 0.6 is 0 Å². The molecule has 160 valence electrons. The van der Waals surface area contributed by atoms with Crippen LogP contribution in [0.1, 0.15) is 28.5 Å². The minimum Gasteiger partial charge on any atom is -0.457 e. The van der Waals surface area contributed by atoms with Gasteiger partial charge in [0.15, 0.2) is 0 Å². The number of hydrogen-bond acceptors (Lipinski definition) is 4. The Kier molecular flexibility index (Phi) is 5.59. The van der Waals surface area contributed by atoms with E-state index < -0.39 is 6.10 Å². The van der Waals surface area contributed by atoms with E-state index in [1.54, 1.807) is 24.7 Å². The second kappa shape index (κ2) is 8.99. The van der Waals surface area contributed by atoms with Gasteiger partial charge in [0, 0.05) is 11.9 Å². The number of nitriles is 1. The first-order chi connectivity index (χ1) is 16.2. The normalized spacial score (nSPS) is 11.8. The Hall–Kier alpha value is -4.40. The summed E-state index contributed by atoms with van der Waals surface area (Å²) in [6.45, 7) is 0.556. The molecule has 0 spiro atoms. The zero-order valence-corrected chi connectivity index (χ0v) is 17.8. The minimum atomic E-state index is -0.822. The van der Waals surface area contributed by atoms with Crippen molar-refractivity contribution in [2.75, 3.05) is 0 Å². The van der Waals surface area contributed by atoms with Gasteiger partial charge >= 0.3 is 0 Å². The molecule has 5 rings (SSSR count). The highest BCUT2D eigenvalue weighted by Crippen LogP contribution is 2.31. The maximum atomic E-state index is 11.0. The Balaban J connectivity index is 1.33. The van der Waals surface area contributed by atoms with E-state index in [1.807, 2.05) is 71.3 Å². The van der Waals surface area contributed by atoms with Crippen LogP contribution in [0.2, 0.25) is 0 Å². The molecule has 0 saturated heterocycles. The molecule has 1 atom stereocenters. The van der Waals surface area contributed by atoms with Gasteiger partial charge in [0.1, 0.15) is 17.6 Å². The molecule has 0 fully saturated rings. The fraction of sp³-hybridized carbons (Fsp3) is 0.0714. The van der Waals surface area contributed by atoms with Gasteiger partial charge in [-0.15, -0.1) is 0 Å². The highest BCUT2D eigenvalue weighted by molar-refractivity contribution is 5.88. The number of nitrogens with zero attached hydrogens (tertiary/aromatic N) is 3. The first-order valence-electron chi connectivity index (χ1n) is 10.6. The number of benzene rings is 4. The molecule has 33 heavy (non-hydrogen) atoms. The Morgan fingerprint density at radius 2 is 1.67 bits per heavy atom. The lowest BCUT2D eigenvalue weighted by Gasteiger charge is -2.15. The smallest absolute Gasteiger partial charge is 0.135 e. The second-order valence-corrected chi connectivity index (χ2v) is 7.81. The van der Waals surface area contributed by atoms with E-state index in [0.29, 0.717) is 23.6 Å². The van der Waals surface area contributed by atoms with Crippen LogP contribution in [0.4, 0.5) is 0 Å². The van der Waals surface area contributed by atoms with Crippen LogP contribution in [0.5, 0.6) is 11.5 Å². The quantitative estimate of drug-likeness (QED) is 0.367. The van der Waals surface area contributed by atoms with Gasteiger partial charge in [-0.3, -0.25) is 0 Å². The Morgan fingerprint density at radius 1 is 0.909 bits per heavy atom. The van der Waals surface area contributed by atoms with Crippen LogP contribution in [0.15, 0.2) is 104 Å². The zero-order valence-electron chi connectivity index (χ0n) is 17.8. The summed E-state index contributed by atoms with van der Waals surface area (Å²) in [5, 5.41) is 22.1. The molecule has 1 aromatic heterocycles. The van der Waals surface area contributed by atoms with Gasteiger partial charge in [-0.05, 0) is 46.8 Å². The predicted molar refractivity (Wildman–Crippen MR) is 127 cm³/mol. The average molecular weight is 431 g/mol. The number of imidazole rings is 1. The Morgan fingerprint density at radius 3 is 2.45 bits per heavy atom. The highest BCUT2D eigenvalue weighted by atomic mass is 16.5. The first-order valence-corrected chi connectivity index (χ1v) is 10.6. The van der Waals surface area contributed by atoms with E-state index in [1.165, 1.54) is 0 Å². The molecule has 0 radical (unpaired) electrons. The predicted octanol–water partition coefficient (Wildman–Crippen LogP) is 5.83. The molecule has 5 heteroatoms. The molecule has 0 bridgehead atoms. The summed E-state index contributed by atoms with van der Waals surface area (Å²) in [6, 6.07) is 31.1. The summed E-state index contributed by atoms with van der Waals surface area (Å²) in [5.74, 6) is 1.50. The van der Waals surface area contributed by atoms with Crippen molar-refractivity contribution in [3.63, 3.8) is 0 Å². The molecule has 0 aliphatic carbocycles. The largest absolute Gasteiger partial charge is 0.457 e. The lowest BCUT2D eigenvalue weighted by atomic mass is 10.1. The van der Waals surface area contributed by atoms with Gasteiger partial charge in [0.2, 0.25) is 0 Å². The summed E-state index contributed by atoms with van der Waals surface area (Å²) in [4.78, 5) is 4.23. The lowest BCUT2D eigenvalue weighted by Crippen LogP contribution is -2.09. The number of hydrogen-bond donors (Lipinski definition) is 1. The number of rotatable bonds is 6. The van der Waals surface area contributed by atoms with Crippen LogP contribution < -0.4 is 4.74 Å². The molecule has 4 aromatic carbocycles. The standard InChI is InChI=1S/C28H21N3O2/c29-16-20-8-10-21(11-9-20)18-31-19-30-17-26(31)28(32)23-12-14-24(15-13-23)33-27-7-3-5-22-4-1-2-6-25(22)27/h1-15,17,19,28,32H,18H2. The first kappa shape index (κ1) is 20.5. The average Bonchev–Trinajstić information content (AvgIpc) is 3.33. The van der Waals surface area contributed by atoms with Crippen LogP contribution in [-0.4, -0.2) is 14.7 Å². The zero-order chi connectivity index (χ0) is 22.6. The van der Waals surface area contributed by atoms with Gasteiger partial charge in [-0.2, -0.15) is 5.26 Å². The number of aliphatic hydroxyl groups excluding tert-OH is 1. The van der Waals surface area contributed by atoms with Crippen molar-refractivity contribution in [2.24, 2.45) is 0 Å². The van der Waals surface area contributed by atoms with Crippen molar-refractivity contribution in [1.29, 1.82) is 5.26 Å². The molecule has 1 unspecified atom stereocenters. The summed E-state index contributed by atoms with van der Waals surface area (Å²) in [7, 11) is 0. The lowest BCUT2D eigenvalue weighted by molar-refractivity contribution is 0.210. The fourth-order valence-electron chi connectivity index (χ4n) is 3.87. The number of fused-ring (bicyclic) bond motifs is 1. The van der Waals surface area contributed by atoms with Crippen LogP contribution in [0, 0.1) is 11.3 Å². The molecule has 0 saturated carbocycles. The summed E-state index contributed by atoms with van der Waals surface area (Å²) >= 11 is 0. The van der Waals surface area contributed by atoms with Crippen molar-refractivity contribution in [3.8, 4) is 17.6 Å². The summed E-state index contributed by atoms with van der Waals surface area (Å²) in [5.41, 5.74) is 3.10. The molecule has 1 heterocycles. The third-order valence-corrected chi connectivity index (χ3v) is 5.63. The molecule has 0 aliphatic rings. The van der Waals surface area contributed by atoms with Crippen molar-refractivity contribution >= 4 is 10.8 Å². The van der Waals surface area contributed by atoms with E-state index in [2.05, 4.69) is 23.2 Å². The van der Waals surface area contributed by atoms with Gasteiger partial charge < -0.3 is 14.4 Å².